The zero-order chi connectivity index (χ0) is 23.4. The highest BCUT2D eigenvalue weighted by Gasteiger charge is 2.49. The van der Waals surface area contributed by atoms with Gasteiger partial charge in [-0.15, -0.1) is 0 Å². The normalized spacial score (nSPS) is 19.6. The first-order valence-corrected chi connectivity index (χ1v) is 12.1. The molecule has 1 unspecified atom stereocenters. The lowest BCUT2D eigenvalue weighted by Crippen LogP contribution is -2.40. The van der Waals surface area contributed by atoms with E-state index < -0.39 is 21.4 Å². The van der Waals surface area contributed by atoms with Crippen LogP contribution in [-0.4, -0.2) is 31.5 Å². The summed E-state index contributed by atoms with van der Waals surface area (Å²) in [6.45, 7) is 12.3. The Hall–Kier alpha value is -2.67. The van der Waals surface area contributed by atoms with Gasteiger partial charge in [0, 0.05) is 6.26 Å². The number of urea groups is 1. The first-order valence-electron chi connectivity index (χ1n) is 10.2. The molecule has 1 N–H and O–H groups in total. The van der Waals surface area contributed by atoms with Crippen molar-refractivity contribution in [1.82, 2.24) is 10.2 Å². The van der Waals surface area contributed by atoms with E-state index in [0.29, 0.717) is 5.56 Å². The van der Waals surface area contributed by atoms with Gasteiger partial charge in [0.05, 0.1) is 11.4 Å². The van der Waals surface area contributed by atoms with Gasteiger partial charge in [-0.3, -0.25) is 9.69 Å². The summed E-state index contributed by atoms with van der Waals surface area (Å²) in [4.78, 5) is 27.4. The minimum absolute atomic E-state index is 0.00555. The number of aryl methyl sites for hydroxylation is 2. The number of imide groups is 1. The molecule has 3 rings (SSSR count). The molecule has 31 heavy (non-hydrogen) atoms. The van der Waals surface area contributed by atoms with Crippen LogP contribution in [0.1, 0.15) is 55.5 Å². The Balaban J connectivity index is 1.92. The molecule has 2 aromatic carbocycles. The Morgan fingerprint density at radius 1 is 1.00 bits per heavy atom. The zero-order valence-corrected chi connectivity index (χ0v) is 20.0. The summed E-state index contributed by atoms with van der Waals surface area (Å²) in [5.41, 5.74) is 3.53. The molecule has 1 aliphatic rings. The van der Waals surface area contributed by atoms with Crippen LogP contribution in [0.5, 0.6) is 0 Å². The van der Waals surface area contributed by atoms with Crippen molar-refractivity contribution in [2.45, 2.75) is 63.9 Å². The van der Waals surface area contributed by atoms with E-state index in [-0.39, 0.29) is 22.8 Å². The van der Waals surface area contributed by atoms with E-state index >= 15 is 0 Å². The minimum Gasteiger partial charge on any atom is -0.319 e. The number of nitrogens with one attached hydrogen (secondary N) is 1. The smallest absolute Gasteiger partial charge is 0.319 e. The van der Waals surface area contributed by atoms with Crippen LogP contribution >= 0.6 is 0 Å². The van der Waals surface area contributed by atoms with E-state index in [4.69, 9.17) is 0 Å². The van der Waals surface area contributed by atoms with Gasteiger partial charge in [-0.05, 0) is 66.1 Å². The second-order valence-corrected chi connectivity index (χ2v) is 11.6. The third-order valence-electron chi connectivity index (χ3n) is 6.01. The van der Waals surface area contributed by atoms with Gasteiger partial charge < -0.3 is 5.32 Å². The predicted octanol–water partition coefficient (Wildman–Crippen LogP) is 3.97. The number of carbonyl (C=O) groups is 2. The van der Waals surface area contributed by atoms with Gasteiger partial charge in [-0.25, -0.2) is 13.2 Å². The number of hydrogen-bond donors (Lipinski definition) is 1. The average Bonchev–Trinajstić information content (AvgIpc) is 2.86. The summed E-state index contributed by atoms with van der Waals surface area (Å²) < 4.78 is 23.4. The molecule has 1 saturated heterocycles. The van der Waals surface area contributed by atoms with Crippen LogP contribution in [0, 0.1) is 13.8 Å². The topological polar surface area (TPSA) is 83.6 Å². The van der Waals surface area contributed by atoms with Gasteiger partial charge in [0.15, 0.2) is 9.84 Å². The Morgan fingerprint density at radius 2 is 1.52 bits per heavy atom. The van der Waals surface area contributed by atoms with E-state index in [2.05, 4.69) is 38.2 Å². The molecule has 0 spiro atoms. The summed E-state index contributed by atoms with van der Waals surface area (Å²) >= 11 is 0. The summed E-state index contributed by atoms with van der Waals surface area (Å²) in [6.07, 6.45) is 1.13. The van der Waals surface area contributed by atoms with E-state index in [0.717, 1.165) is 22.9 Å². The van der Waals surface area contributed by atoms with Crippen LogP contribution < -0.4 is 5.32 Å². The van der Waals surface area contributed by atoms with Gasteiger partial charge in [0.25, 0.3) is 5.91 Å². The van der Waals surface area contributed by atoms with Crippen molar-refractivity contribution in [2.75, 3.05) is 6.26 Å². The third-order valence-corrected chi connectivity index (χ3v) is 7.14. The fourth-order valence-electron chi connectivity index (χ4n) is 3.91. The van der Waals surface area contributed by atoms with Crippen LogP contribution in [0.2, 0.25) is 0 Å². The molecule has 6 nitrogen and oxygen atoms in total. The van der Waals surface area contributed by atoms with Crippen molar-refractivity contribution in [2.24, 2.45) is 0 Å². The summed E-state index contributed by atoms with van der Waals surface area (Å²) in [5, 5.41) is 2.79. The Morgan fingerprint density at radius 3 is 1.97 bits per heavy atom. The maximum Gasteiger partial charge on any atom is 0.325 e. The molecule has 0 aromatic heterocycles. The molecule has 0 radical (unpaired) electrons. The van der Waals surface area contributed by atoms with E-state index in [1.807, 2.05) is 13.8 Å². The molecular formula is C24H30N2O4S. The van der Waals surface area contributed by atoms with Crippen molar-refractivity contribution < 1.29 is 18.0 Å². The van der Waals surface area contributed by atoms with Crippen molar-refractivity contribution in [1.29, 1.82) is 0 Å². The largest absolute Gasteiger partial charge is 0.325 e. The Bertz CT molecular complexity index is 1140. The second-order valence-electron chi connectivity index (χ2n) is 9.58. The Kier molecular flexibility index (Phi) is 5.55. The number of amides is 3. The van der Waals surface area contributed by atoms with Gasteiger partial charge in [-0.1, -0.05) is 45.0 Å². The van der Waals surface area contributed by atoms with Crippen LogP contribution in [0.4, 0.5) is 4.79 Å². The van der Waals surface area contributed by atoms with Crippen LogP contribution in [0.3, 0.4) is 0 Å². The lowest BCUT2D eigenvalue weighted by Gasteiger charge is -2.25. The van der Waals surface area contributed by atoms with E-state index in [1.54, 1.807) is 19.1 Å². The number of carbonyl (C=O) groups excluding carboxylic acids is 2. The molecular weight excluding hydrogens is 412 g/mol. The van der Waals surface area contributed by atoms with Gasteiger partial charge >= 0.3 is 6.03 Å². The van der Waals surface area contributed by atoms with Crippen LogP contribution in [-0.2, 0) is 32.1 Å². The molecule has 1 heterocycles. The average molecular weight is 443 g/mol. The van der Waals surface area contributed by atoms with E-state index in [9.17, 15) is 18.0 Å². The quantitative estimate of drug-likeness (QED) is 0.726. The molecule has 0 bridgehead atoms. The number of benzene rings is 2. The van der Waals surface area contributed by atoms with Crippen molar-refractivity contribution in [3.8, 4) is 0 Å². The lowest BCUT2D eigenvalue weighted by atomic mass is 9.83. The molecule has 0 saturated carbocycles. The van der Waals surface area contributed by atoms with Crippen LogP contribution in [0.15, 0.2) is 41.3 Å². The first-order chi connectivity index (χ1) is 14.1. The lowest BCUT2D eigenvalue weighted by molar-refractivity contribution is -0.131. The molecule has 7 heteroatoms. The zero-order valence-electron chi connectivity index (χ0n) is 19.2. The number of rotatable bonds is 4. The summed E-state index contributed by atoms with van der Waals surface area (Å²) in [5.74, 6) is -0.358. The Labute approximate surface area is 184 Å². The maximum absolute atomic E-state index is 13.3. The molecule has 3 amide bonds. The fourth-order valence-corrected chi connectivity index (χ4v) is 4.54. The standard InChI is InChI=1S/C24H30N2O4S/c1-15-12-18(23(3,4)5)13-16(2)20(15)14-26-21(27)24(6,25-22(26)28)17-8-10-19(11-9-17)31(7,29)30/h8-13H,14H2,1-7H3,(H,25,28). The van der Waals surface area contributed by atoms with Gasteiger partial charge in [0.1, 0.15) is 5.54 Å². The number of sulfone groups is 1. The third kappa shape index (κ3) is 4.24. The minimum atomic E-state index is -3.35. The van der Waals surface area contributed by atoms with E-state index in [1.165, 1.54) is 22.6 Å². The molecule has 1 aliphatic heterocycles. The highest BCUT2D eigenvalue weighted by Crippen LogP contribution is 2.32. The fraction of sp³-hybridized carbons (Fsp3) is 0.417. The van der Waals surface area contributed by atoms with Crippen molar-refractivity contribution in [3.63, 3.8) is 0 Å². The van der Waals surface area contributed by atoms with Gasteiger partial charge in [0.2, 0.25) is 0 Å². The summed E-state index contributed by atoms with van der Waals surface area (Å²) in [7, 11) is -3.35. The first kappa shape index (κ1) is 23.0. The van der Waals surface area contributed by atoms with Gasteiger partial charge in [-0.2, -0.15) is 0 Å². The molecule has 0 aliphatic carbocycles. The summed E-state index contributed by atoms with van der Waals surface area (Å²) in [6, 6.07) is 9.83. The SMILES string of the molecule is Cc1cc(C(C)(C)C)cc(C)c1CN1C(=O)NC(C)(c2ccc(S(C)(=O)=O)cc2)C1=O. The highest BCUT2D eigenvalue weighted by atomic mass is 32.2. The molecule has 166 valence electrons. The van der Waals surface area contributed by atoms with Crippen LogP contribution in [0.25, 0.3) is 0 Å². The molecule has 1 fully saturated rings. The predicted molar refractivity (Wildman–Crippen MR) is 121 cm³/mol. The number of nitrogens with zero attached hydrogens (tertiary/aromatic N) is 1. The monoisotopic (exact) mass is 442 g/mol. The number of hydrogen-bond acceptors (Lipinski definition) is 4. The maximum atomic E-state index is 13.3. The van der Waals surface area contributed by atoms with Crippen molar-refractivity contribution in [3.05, 3.63) is 64.2 Å². The molecule has 1 atom stereocenters. The van der Waals surface area contributed by atoms with Crippen molar-refractivity contribution >= 4 is 21.8 Å². The molecule has 2 aromatic rings. The highest BCUT2D eigenvalue weighted by molar-refractivity contribution is 7.90. The second kappa shape index (κ2) is 7.48.